The first-order valence-corrected chi connectivity index (χ1v) is 6.77. The van der Waals surface area contributed by atoms with E-state index in [0.717, 1.165) is 5.92 Å². The molecule has 0 atom stereocenters. The maximum atomic E-state index is 2.32. The van der Waals surface area contributed by atoms with Gasteiger partial charge >= 0.3 is 0 Å². The third-order valence-corrected chi connectivity index (χ3v) is 2.89. The number of rotatable bonds is 10. The molecular formula is C14H32O. The quantitative estimate of drug-likeness (QED) is 0.472. The van der Waals surface area contributed by atoms with Gasteiger partial charge in [-0.25, -0.2) is 0 Å². The SMILES string of the molecule is CCCCCCCCCCCC(C)C.O. The second kappa shape index (κ2) is 14.0. The van der Waals surface area contributed by atoms with Gasteiger partial charge in [0.25, 0.3) is 0 Å². The predicted molar refractivity (Wildman–Crippen MR) is 70.3 cm³/mol. The molecule has 0 aliphatic heterocycles. The van der Waals surface area contributed by atoms with Gasteiger partial charge in [-0.05, 0) is 5.92 Å². The highest BCUT2D eigenvalue weighted by Gasteiger charge is 1.94. The van der Waals surface area contributed by atoms with E-state index in [0.29, 0.717) is 0 Å². The van der Waals surface area contributed by atoms with Crippen molar-refractivity contribution in [3.05, 3.63) is 0 Å². The molecule has 0 rings (SSSR count). The van der Waals surface area contributed by atoms with Gasteiger partial charge in [-0.15, -0.1) is 0 Å². The summed E-state index contributed by atoms with van der Waals surface area (Å²) in [4.78, 5) is 0. The molecule has 0 heterocycles. The van der Waals surface area contributed by atoms with Crippen molar-refractivity contribution in [1.82, 2.24) is 0 Å². The topological polar surface area (TPSA) is 31.5 Å². The summed E-state index contributed by atoms with van der Waals surface area (Å²) in [6.07, 6.45) is 14.5. The largest absolute Gasteiger partial charge is 0.412 e. The maximum Gasteiger partial charge on any atom is -0.0471 e. The minimum absolute atomic E-state index is 0. The summed E-state index contributed by atoms with van der Waals surface area (Å²) in [5, 5.41) is 0. The van der Waals surface area contributed by atoms with E-state index < -0.39 is 0 Å². The van der Waals surface area contributed by atoms with Crippen molar-refractivity contribution in [3.8, 4) is 0 Å². The normalized spacial score (nSPS) is 10.4. The van der Waals surface area contributed by atoms with Gasteiger partial charge in [0.1, 0.15) is 0 Å². The van der Waals surface area contributed by atoms with Gasteiger partial charge in [0.15, 0.2) is 0 Å². The predicted octanol–water partition coefficient (Wildman–Crippen LogP) is 4.74. The third kappa shape index (κ3) is 16.6. The van der Waals surface area contributed by atoms with Crippen LogP contribution in [0.5, 0.6) is 0 Å². The number of unbranched alkanes of at least 4 members (excludes halogenated alkanes) is 8. The van der Waals surface area contributed by atoms with Crippen molar-refractivity contribution in [3.63, 3.8) is 0 Å². The van der Waals surface area contributed by atoms with Crippen LogP contribution in [-0.4, -0.2) is 5.48 Å². The molecule has 15 heavy (non-hydrogen) atoms. The Labute approximate surface area is 97.0 Å². The molecule has 94 valence electrons. The molecule has 0 radical (unpaired) electrons. The first-order chi connectivity index (χ1) is 6.77. The summed E-state index contributed by atoms with van der Waals surface area (Å²) >= 11 is 0. The highest BCUT2D eigenvalue weighted by Crippen LogP contribution is 2.12. The van der Waals surface area contributed by atoms with E-state index >= 15 is 0 Å². The lowest BCUT2D eigenvalue weighted by Crippen LogP contribution is -1.87. The summed E-state index contributed by atoms with van der Waals surface area (Å²) in [6.45, 7) is 6.93. The van der Waals surface area contributed by atoms with Crippen LogP contribution in [0.2, 0.25) is 0 Å². The Kier molecular flexibility index (Phi) is 16.2. The summed E-state index contributed by atoms with van der Waals surface area (Å²) in [5.41, 5.74) is 0. The molecule has 0 fully saturated rings. The Morgan fingerprint density at radius 2 is 1.07 bits per heavy atom. The minimum Gasteiger partial charge on any atom is -0.412 e. The van der Waals surface area contributed by atoms with Crippen LogP contribution in [0.4, 0.5) is 0 Å². The summed E-state index contributed by atoms with van der Waals surface area (Å²) in [7, 11) is 0. The monoisotopic (exact) mass is 216 g/mol. The Morgan fingerprint density at radius 3 is 1.47 bits per heavy atom. The van der Waals surface area contributed by atoms with E-state index in [9.17, 15) is 0 Å². The summed E-state index contributed by atoms with van der Waals surface area (Å²) < 4.78 is 0. The van der Waals surface area contributed by atoms with Crippen molar-refractivity contribution in [1.29, 1.82) is 0 Å². The van der Waals surface area contributed by atoms with Crippen molar-refractivity contribution in [2.24, 2.45) is 5.92 Å². The second-order valence-electron chi connectivity index (χ2n) is 5.01. The Morgan fingerprint density at radius 1 is 0.667 bits per heavy atom. The van der Waals surface area contributed by atoms with Crippen molar-refractivity contribution < 1.29 is 5.48 Å². The Bertz CT molecular complexity index is 99.5. The van der Waals surface area contributed by atoms with Gasteiger partial charge in [-0.3, -0.25) is 0 Å². The van der Waals surface area contributed by atoms with Crippen LogP contribution in [0.15, 0.2) is 0 Å². The Hall–Kier alpha value is -0.0400. The summed E-state index contributed by atoms with van der Waals surface area (Å²) in [6, 6.07) is 0. The molecule has 0 aromatic rings. The second-order valence-corrected chi connectivity index (χ2v) is 5.01. The molecule has 0 bridgehead atoms. The standard InChI is InChI=1S/C14H30.H2O/c1-4-5-6-7-8-9-10-11-12-13-14(2)3;/h14H,4-13H2,1-3H3;1H2. The molecule has 1 heteroatoms. The van der Waals surface area contributed by atoms with Crippen molar-refractivity contribution >= 4 is 0 Å². The molecule has 0 aromatic heterocycles. The van der Waals surface area contributed by atoms with Gasteiger partial charge in [-0.2, -0.15) is 0 Å². The van der Waals surface area contributed by atoms with E-state index in [1.54, 1.807) is 0 Å². The van der Waals surface area contributed by atoms with Gasteiger partial charge in [0.05, 0.1) is 0 Å². The van der Waals surface area contributed by atoms with Gasteiger partial charge in [0, 0.05) is 0 Å². The molecule has 0 unspecified atom stereocenters. The van der Waals surface area contributed by atoms with E-state index in [1.165, 1.54) is 64.2 Å². The lowest BCUT2D eigenvalue weighted by Gasteiger charge is -2.04. The zero-order chi connectivity index (χ0) is 10.6. The van der Waals surface area contributed by atoms with Crippen LogP contribution < -0.4 is 0 Å². The van der Waals surface area contributed by atoms with Crippen LogP contribution in [-0.2, 0) is 0 Å². The number of hydrogen-bond donors (Lipinski definition) is 0. The van der Waals surface area contributed by atoms with E-state index in [2.05, 4.69) is 20.8 Å². The van der Waals surface area contributed by atoms with Gasteiger partial charge < -0.3 is 5.48 Å². The number of hydrogen-bond acceptors (Lipinski definition) is 0. The molecule has 0 spiro atoms. The molecule has 0 aliphatic rings. The van der Waals surface area contributed by atoms with E-state index in [1.807, 2.05) is 0 Å². The van der Waals surface area contributed by atoms with E-state index in [4.69, 9.17) is 0 Å². The minimum atomic E-state index is 0. The molecule has 0 amide bonds. The molecular weight excluding hydrogens is 184 g/mol. The average molecular weight is 216 g/mol. The lowest BCUT2D eigenvalue weighted by atomic mass is 10.0. The maximum absolute atomic E-state index is 2.32. The van der Waals surface area contributed by atoms with Gasteiger partial charge in [0.2, 0.25) is 0 Å². The van der Waals surface area contributed by atoms with Crippen LogP contribution in [0.25, 0.3) is 0 Å². The molecule has 0 aliphatic carbocycles. The fourth-order valence-electron chi connectivity index (χ4n) is 1.86. The van der Waals surface area contributed by atoms with Crippen LogP contribution in [0.1, 0.15) is 85.0 Å². The summed E-state index contributed by atoms with van der Waals surface area (Å²) in [5.74, 6) is 0.902. The van der Waals surface area contributed by atoms with Crippen LogP contribution in [0, 0.1) is 5.92 Å². The zero-order valence-corrected chi connectivity index (χ0v) is 11.1. The highest BCUT2D eigenvalue weighted by atomic mass is 16.0. The molecule has 0 aromatic carbocycles. The average Bonchev–Trinajstić information content (AvgIpc) is 2.15. The fraction of sp³-hybridized carbons (Fsp3) is 1.00. The van der Waals surface area contributed by atoms with Gasteiger partial charge in [-0.1, -0.05) is 85.0 Å². The highest BCUT2D eigenvalue weighted by molar-refractivity contribution is 4.49. The van der Waals surface area contributed by atoms with Crippen LogP contribution in [0.3, 0.4) is 0 Å². The lowest BCUT2D eigenvalue weighted by molar-refractivity contribution is 0.507. The zero-order valence-electron chi connectivity index (χ0n) is 11.1. The first-order valence-electron chi connectivity index (χ1n) is 6.77. The van der Waals surface area contributed by atoms with Crippen molar-refractivity contribution in [2.75, 3.05) is 0 Å². The molecule has 0 saturated heterocycles. The first kappa shape index (κ1) is 17.4. The van der Waals surface area contributed by atoms with Crippen molar-refractivity contribution in [2.45, 2.75) is 85.0 Å². The van der Waals surface area contributed by atoms with E-state index in [-0.39, 0.29) is 5.48 Å². The molecule has 0 saturated carbocycles. The smallest absolute Gasteiger partial charge is 0.0471 e. The molecule has 2 N–H and O–H groups in total. The third-order valence-electron chi connectivity index (χ3n) is 2.89. The fourth-order valence-corrected chi connectivity index (χ4v) is 1.86. The molecule has 1 nitrogen and oxygen atoms in total. The Balaban J connectivity index is 0. The van der Waals surface area contributed by atoms with Crippen LogP contribution >= 0.6 is 0 Å².